The smallest absolute Gasteiger partial charge is 0.770 e. The van der Waals surface area contributed by atoms with Crippen LogP contribution in [0.25, 0.3) is 0 Å². The van der Waals surface area contributed by atoms with Gasteiger partial charge < -0.3 is 15.1 Å². The summed E-state index contributed by atoms with van der Waals surface area (Å²) in [6.45, 7) is -3.14. The average Bonchev–Trinajstić information content (AvgIpc) is 1.94. The van der Waals surface area contributed by atoms with Gasteiger partial charge in [0.15, 0.2) is 6.80 Å². The van der Waals surface area contributed by atoms with Crippen molar-refractivity contribution < 1.29 is 43.9 Å². The Morgan fingerprint density at radius 1 is 1.62 bits per heavy atom. The molecule has 0 spiro atoms. The van der Waals surface area contributed by atoms with Crippen LogP contribution in [0.15, 0.2) is 0 Å². The topological polar surface area (TPSA) is 96.2 Å². The van der Waals surface area contributed by atoms with Gasteiger partial charge in [-0.05, 0) is 0 Å². The number of nitrogens with one attached hydrogen (secondary N) is 1. The molecule has 8 heteroatoms. The van der Waals surface area contributed by atoms with Gasteiger partial charge >= 0.3 is 29.6 Å². The first-order chi connectivity index (χ1) is 5.56. The van der Waals surface area contributed by atoms with Crippen LogP contribution in [0.5, 0.6) is 0 Å². The maximum atomic E-state index is 10.2. The third kappa shape index (κ3) is 15.7. The van der Waals surface area contributed by atoms with Gasteiger partial charge in [0.25, 0.3) is 0 Å². The summed E-state index contributed by atoms with van der Waals surface area (Å²) in [7, 11) is 0. The largest absolute Gasteiger partial charge is 1.00 e. The molecule has 0 aliphatic carbocycles. The molecule has 2 N–H and O–H groups in total. The molecule has 5 nitrogen and oxygen atoms in total. The van der Waals surface area contributed by atoms with Crippen LogP contribution in [-0.2, 0) is 4.57 Å². The van der Waals surface area contributed by atoms with Gasteiger partial charge in [-0.15, -0.1) is 0 Å². The fourth-order valence-electron chi connectivity index (χ4n) is 0.502. The minimum atomic E-state index is -4.16. The Labute approximate surface area is 103 Å². The third-order valence-corrected chi connectivity index (χ3v) is 3.19. The van der Waals surface area contributed by atoms with Crippen LogP contribution >= 0.6 is 18.2 Å². The van der Waals surface area contributed by atoms with Gasteiger partial charge in [0.2, 0.25) is 0 Å². The van der Waals surface area contributed by atoms with Crippen LogP contribution in [-0.4, -0.2) is 23.7 Å². The predicted molar refractivity (Wildman–Crippen MR) is 45.4 cm³/mol. The molecule has 0 rings (SSSR count). The third-order valence-electron chi connectivity index (χ3n) is 0.947. The molecule has 0 aromatic rings. The van der Waals surface area contributed by atoms with E-state index in [0.29, 0.717) is 36.6 Å². The normalized spacial score (nSPS) is 13.9. The Balaban J connectivity index is 0. The maximum Gasteiger partial charge on any atom is 1.00 e. The number of hydrogen-bond acceptors (Lipinski definition) is 5. The van der Waals surface area contributed by atoms with Crippen molar-refractivity contribution in [1.82, 2.24) is 5.32 Å². The molecule has 0 saturated heterocycles. The Morgan fingerprint density at radius 3 is 2.69 bits per heavy atom. The van der Waals surface area contributed by atoms with Crippen molar-refractivity contribution in [3.63, 3.8) is 0 Å². The number of nitrogens with zero attached hydrogens (tertiary/aromatic N) is 1. The minimum absolute atomic E-state index is 0. The van der Waals surface area contributed by atoms with Gasteiger partial charge in [-0.3, -0.25) is 4.57 Å². The summed E-state index contributed by atoms with van der Waals surface area (Å²) in [6, 6.07) is 1.94. The summed E-state index contributed by atoms with van der Waals surface area (Å²) < 4.78 is 10.2. The molecule has 0 fully saturated rings. The number of rotatable bonds is 6. The van der Waals surface area contributed by atoms with Crippen LogP contribution in [0.4, 0.5) is 0 Å². The van der Waals surface area contributed by atoms with Crippen molar-refractivity contribution >= 4 is 18.2 Å². The molecule has 0 aromatic heterocycles. The zero-order chi connectivity index (χ0) is 9.45. The van der Waals surface area contributed by atoms with E-state index >= 15 is 0 Å². The van der Waals surface area contributed by atoms with Crippen LogP contribution in [0.2, 0.25) is 0 Å². The quantitative estimate of drug-likeness (QED) is 0.283. The second-order valence-electron chi connectivity index (χ2n) is 1.96. The van der Waals surface area contributed by atoms with E-state index in [4.69, 9.17) is 10.2 Å². The first kappa shape index (κ1) is 16.4. The Kier molecular flexibility index (Phi) is 12.0. The summed E-state index contributed by atoms with van der Waals surface area (Å²) in [5.74, 6) is 0.294. The molecule has 0 aromatic carbocycles. The Bertz CT molecular complexity index is 204. The first-order valence-corrected chi connectivity index (χ1v) is 6.49. The van der Waals surface area contributed by atoms with Gasteiger partial charge in [-0.25, -0.2) is 0 Å². The van der Waals surface area contributed by atoms with E-state index in [0.717, 1.165) is 0 Å². The minimum Gasteiger partial charge on any atom is -0.770 e. The fraction of sp³-hybridized carbons (Fsp3) is 0.800. The van der Waals surface area contributed by atoms with Crippen LogP contribution in [0.1, 0.15) is 6.42 Å². The monoisotopic (exact) mass is 232 g/mol. The van der Waals surface area contributed by atoms with E-state index in [-0.39, 0.29) is 29.6 Å². The van der Waals surface area contributed by atoms with Crippen LogP contribution in [0.3, 0.4) is 0 Å². The zero-order valence-electron chi connectivity index (χ0n) is 7.39. The van der Waals surface area contributed by atoms with Crippen LogP contribution in [0, 0.1) is 11.3 Å². The first-order valence-electron chi connectivity index (χ1n) is 3.32. The van der Waals surface area contributed by atoms with Crippen molar-refractivity contribution in [1.29, 1.82) is 5.26 Å². The molecule has 0 aliphatic heterocycles. The molecule has 0 aliphatic rings. The molecular weight excluding hydrogens is 222 g/mol. The van der Waals surface area contributed by atoms with Gasteiger partial charge in [0.05, 0.1) is 6.07 Å². The molecule has 1 unspecified atom stereocenters. The molecule has 0 heterocycles. The average molecular weight is 232 g/mol. The fourth-order valence-corrected chi connectivity index (χ4v) is 1.93. The molecule has 0 saturated carbocycles. The molecule has 13 heavy (non-hydrogen) atoms. The van der Waals surface area contributed by atoms with Gasteiger partial charge in [0.1, 0.15) is 0 Å². The van der Waals surface area contributed by atoms with E-state index in [9.17, 15) is 9.46 Å². The Morgan fingerprint density at radius 2 is 2.23 bits per heavy atom. The molecule has 0 amide bonds. The van der Waals surface area contributed by atoms with E-state index < -0.39 is 6.80 Å². The van der Waals surface area contributed by atoms with Crippen molar-refractivity contribution in [3.8, 4) is 6.07 Å². The summed E-state index contributed by atoms with van der Waals surface area (Å²) in [5, 5.41) is 11.0. The Hall–Kier alpha value is 0.950. The van der Waals surface area contributed by atoms with Gasteiger partial charge in [-0.2, -0.15) is 5.26 Å². The molecule has 70 valence electrons. The predicted octanol–water partition coefficient (Wildman–Crippen LogP) is -3.31. The SMILES string of the molecule is N#CCCNCCSP(=O)([O-])O.[Na+]. The molecule has 1 atom stereocenters. The van der Waals surface area contributed by atoms with Gasteiger partial charge in [-0.1, -0.05) is 11.4 Å². The maximum absolute atomic E-state index is 10.2. The molecule has 0 radical (unpaired) electrons. The van der Waals surface area contributed by atoms with E-state index in [1.54, 1.807) is 0 Å². The van der Waals surface area contributed by atoms with Crippen molar-refractivity contribution in [3.05, 3.63) is 0 Å². The van der Waals surface area contributed by atoms with E-state index in [2.05, 4.69) is 5.32 Å². The van der Waals surface area contributed by atoms with Gasteiger partial charge in [0, 0.05) is 25.3 Å². The van der Waals surface area contributed by atoms with Crippen molar-refractivity contribution in [2.45, 2.75) is 6.42 Å². The van der Waals surface area contributed by atoms with Crippen molar-refractivity contribution in [2.24, 2.45) is 0 Å². The summed E-state index contributed by atoms with van der Waals surface area (Å²) >= 11 is 0.502. The summed E-state index contributed by atoms with van der Waals surface area (Å²) in [6.07, 6.45) is 0.402. The van der Waals surface area contributed by atoms with E-state index in [1.807, 2.05) is 6.07 Å². The number of hydrogen-bond donors (Lipinski definition) is 2. The molecule has 0 bridgehead atoms. The molecular formula is C5H10N2NaO3PS. The summed E-state index contributed by atoms with van der Waals surface area (Å²) in [4.78, 5) is 18.5. The number of nitriles is 1. The second kappa shape index (κ2) is 9.50. The summed E-state index contributed by atoms with van der Waals surface area (Å²) in [5.41, 5.74) is 0. The second-order valence-corrected chi connectivity index (χ2v) is 5.72. The standard InChI is InChI=1S/C5H11N2O3PS.Na/c6-2-1-3-7-4-5-12-11(8,9)10;/h7H,1,3-5H2,(H2,8,9,10);/q;+1/p-1. The zero-order valence-corrected chi connectivity index (χ0v) is 11.1. The van der Waals surface area contributed by atoms with Crippen LogP contribution < -0.4 is 39.8 Å². The van der Waals surface area contributed by atoms with Crippen molar-refractivity contribution in [2.75, 3.05) is 18.8 Å². The van der Waals surface area contributed by atoms with E-state index in [1.165, 1.54) is 0 Å².